The molecule has 0 amide bonds. The molecule has 0 spiro atoms. The van der Waals surface area contributed by atoms with E-state index in [2.05, 4.69) is 59.3 Å². The molecule has 0 unspecified atom stereocenters. The molecular weight excluding hydrogens is 368 g/mol. The van der Waals surface area contributed by atoms with E-state index >= 15 is 0 Å². The van der Waals surface area contributed by atoms with Gasteiger partial charge in [-0.05, 0) is 36.6 Å². The zero-order valence-electron chi connectivity index (χ0n) is 16.2. The van der Waals surface area contributed by atoms with E-state index in [4.69, 9.17) is 16.6 Å². The number of hydrogen-bond acceptors (Lipinski definition) is 3. The van der Waals surface area contributed by atoms with Gasteiger partial charge in [-0.15, -0.1) is 0 Å². The van der Waals surface area contributed by atoms with Gasteiger partial charge in [-0.2, -0.15) is 0 Å². The Morgan fingerprint density at radius 1 is 1.07 bits per heavy atom. The molecule has 4 nitrogen and oxygen atoms in total. The number of aromatic nitrogens is 2. The quantitative estimate of drug-likeness (QED) is 0.589. The van der Waals surface area contributed by atoms with Crippen molar-refractivity contribution >= 4 is 23.0 Å². The summed E-state index contributed by atoms with van der Waals surface area (Å²) in [5, 5.41) is 0.776. The van der Waals surface area contributed by atoms with Crippen molar-refractivity contribution in [2.75, 3.05) is 23.9 Å². The number of fused-ring (bicyclic) bond motifs is 1. The van der Waals surface area contributed by atoms with Gasteiger partial charge in [0.2, 0.25) is 0 Å². The van der Waals surface area contributed by atoms with Crippen LogP contribution in [0.5, 0.6) is 0 Å². The van der Waals surface area contributed by atoms with Gasteiger partial charge in [0, 0.05) is 37.1 Å². The average Bonchev–Trinajstić information content (AvgIpc) is 3.43. The molecule has 1 aliphatic carbocycles. The molecule has 2 heterocycles. The van der Waals surface area contributed by atoms with Crippen molar-refractivity contribution in [2.45, 2.75) is 25.3 Å². The van der Waals surface area contributed by atoms with Crippen molar-refractivity contribution in [3.05, 3.63) is 77.5 Å². The summed E-state index contributed by atoms with van der Waals surface area (Å²) in [4.78, 5) is 9.03. The molecule has 142 valence electrons. The number of hydrogen-bond donors (Lipinski definition) is 0. The highest BCUT2D eigenvalue weighted by Crippen LogP contribution is 2.45. The minimum atomic E-state index is 0.565. The smallest absolute Gasteiger partial charge is 0.105 e. The zero-order chi connectivity index (χ0) is 19.4. The lowest BCUT2D eigenvalue weighted by Crippen LogP contribution is -2.20. The first-order chi connectivity index (χ1) is 13.5. The van der Waals surface area contributed by atoms with Crippen molar-refractivity contribution in [1.82, 2.24) is 9.55 Å². The summed E-state index contributed by atoms with van der Waals surface area (Å²) in [5.41, 5.74) is 7.01. The van der Waals surface area contributed by atoms with E-state index < -0.39 is 0 Å². The highest BCUT2D eigenvalue weighted by Gasteiger charge is 2.31. The standard InChI is InChI=1S/C23H23ClN4/c1-15-26(2)20-11-8-16(12-21(20)27(15)3)13-28-14-25-22(17-9-10-17)23(28)18-6-4-5-7-19(18)24/h4-8,11-12,14,17H,1,9-10,13H2,2-3H3. The maximum absolute atomic E-state index is 6.55. The van der Waals surface area contributed by atoms with Crippen LogP contribution in [0, 0.1) is 0 Å². The van der Waals surface area contributed by atoms with Gasteiger partial charge in [0.05, 0.1) is 29.1 Å². The van der Waals surface area contributed by atoms with Gasteiger partial charge < -0.3 is 14.4 Å². The predicted octanol–water partition coefficient (Wildman–Crippen LogP) is 5.49. The summed E-state index contributed by atoms with van der Waals surface area (Å²) >= 11 is 6.55. The number of imidazole rings is 1. The Hall–Kier alpha value is -2.72. The van der Waals surface area contributed by atoms with E-state index in [9.17, 15) is 0 Å². The van der Waals surface area contributed by atoms with E-state index in [1.54, 1.807) is 0 Å². The Kier molecular flexibility index (Phi) is 3.98. The molecule has 3 aromatic rings. The second-order valence-corrected chi connectivity index (χ2v) is 8.12. The molecule has 28 heavy (non-hydrogen) atoms. The third-order valence-corrected chi connectivity index (χ3v) is 6.18. The topological polar surface area (TPSA) is 24.3 Å². The molecule has 1 aliphatic heterocycles. The van der Waals surface area contributed by atoms with Gasteiger partial charge in [0.15, 0.2) is 0 Å². The number of anilines is 2. The van der Waals surface area contributed by atoms with E-state index in [1.165, 1.54) is 35.5 Å². The minimum absolute atomic E-state index is 0.565. The molecule has 0 saturated heterocycles. The average molecular weight is 391 g/mol. The van der Waals surface area contributed by atoms with Crippen molar-refractivity contribution < 1.29 is 0 Å². The van der Waals surface area contributed by atoms with Crippen LogP contribution in [0.1, 0.15) is 30.0 Å². The van der Waals surface area contributed by atoms with Crippen LogP contribution in [0.2, 0.25) is 5.02 Å². The summed E-state index contributed by atoms with van der Waals surface area (Å²) < 4.78 is 2.24. The second kappa shape index (κ2) is 6.42. The number of rotatable bonds is 4. The Balaban J connectivity index is 1.55. The maximum Gasteiger partial charge on any atom is 0.105 e. The normalized spacial score (nSPS) is 16.0. The molecule has 5 rings (SSSR count). The molecule has 0 radical (unpaired) electrons. The fourth-order valence-electron chi connectivity index (χ4n) is 4.04. The third kappa shape index (κ3) is 2.71. The first-order valence-corrected chi connectivity index (χ1v) is 10.0. The van der Waals surface area contributed by atoms with Crippen LogP contribution in [0.4, 0.5) is 11.4 Å². The second-order valence-electron chi connectivity index (χ2n) is 7.72. The first kappa shape index (κ1) is 17.4. The summed E-state index contributed by atoms with van der Waals surface area (Å²) in [6, 6.07) is 14.7. The molecule has 1 fully saturated rings. The van der Waals surface area contributed by atoms with Crippen molar-refractivity contribution in [2.24, 2.45) is 0 Å². The monoisotopic (exact) mass is 390 g/mol. The third-order valence-electron chi connectivity index (χ3n) is 5.85. The number of nitrogens with zero attached hydrogens (tertiary/aromatic N) is 4. The molecule has 0 bridgehead atoms. The number of benzene rings is 2. The van der Waals surface area contributed by atoms with Crippen molar-refractivity contribution in [1.29, 1.82) is 0 Å². The molecule has 2 aliphatic rings. The van der Waals surface area contributed by atoms with Crippen LogP contribution >= 0.6 is 11.6 Å². The molecule has 2 aromatic carbocycles. The Bertz CT molecular complexity index is 1080. The Labute approximate surface area is 170 Å². The Morgan fingerprint density at radius 3 is 2.57 bits per heavy atom. The van der Waals surface area contributed by atoms with E-state index in [-0.39, 0.29) is 0 Å². The fourth-order valence-corrected chi connectivity index (χ4v) is 4.26. The summed E-state index contributed by atoms with van der Waals surface area (Å²) in [7, 11) is 4.11. The van der Waals surface area contributed by atoms with Gasteiger partial charge in [-0.25, -0.2) is 4.98 Å². The summed E-state index contributed by atoms with van der Waals surface area (Å²) in [5.74, 6) is 1.55. The molecular formula is C23H23ClN4. The molecule has 0 atom stereocenters. The van der Waals surface area contributed by atoms with Crippen molar-refractivity contribution in [3.8, 4) is 11.3 Å². The summed E-state index contributed by atoms with van der Waals surface area (Å²) in [6.07, 6.45) is 4.40. The largest absolute Gasteiger partial charge is 0.330 e. The van der Waals surface area contributed by atoms with E-state index in [1.807, 2.05) is 24.5 Å². The predicted molar refractivity (Wildman–Crippen MR) is 116 cm³/mol. The lowest BCUT2D eigenvalue weighted by Gasteiger charge is -2.16. The lowest BCUT2D eigenvalue weighted by molar-refractivity contribution is 0.804. The van der Waals surface area contributed by atoms with Crippen LogP contribution < -0.4 is 9.80 Å². The van der Waals surface area contributed by atoms with Gasteiger partial charge in [-0.3, -0.25) is 0 Å². The minimum Gasteiger partial charge on any atom is -0.330 e. The van der Waals surface area contributed by atoms with Crippen molar-refractivity contribution in [3.63, 3.8) is 0 Å². The van der Waals surface area contributed by atoms with Gasteiger partial charge in [0.25, 0.3) is 0 Å². The van der Waals surface area contributed by atoms with Gasteiger partial charge in [-0.1, -0.05) is 42.4 Å². The van der Waals surface area contributed by atoms with E-state index in [0.29, 0.717) is 5.92 Å². The van der Waals surface area contributed by atoms with Gasteiger partial charge >= 0.3 is 0 Å². The van der Waals surface area contributed by atoms with Gasteiger partial charge in [0.1, 0.15) is 5.82 Å². The highest BCUT2D eigenvalue weighted by atomic mass is 35.5. The van der Waals surface area contributed by atoms with Crippen LogP contribution in [0.3, 0.4) is 0 Å². The highest BCUT2D eigenvalue weighted by molar-refractivity contribution is 6.33. The van der Waals surface area contributed by atoms with Crippen LogP contribution in [-0.2, 0) is 6.54 Å². The summed E-state index contributed by atoms with van der Waals surface area (Å²) in [6.45, 7) is 4.92. The lowest BCUT2D eigenvalue weighted by atomic mass is 10.1. The SMILES string of the molecule is C=C1N(C)c2ccc(Cn3cnc(C4CC4)c3-c3ccccc3Cl)cc2N1C. The van der Waals surface area contributed by atoms with Crippen LogP contribution in [0.15, 0.2) is 61.2 Å². The zero-order valence-corrected chi connectivity index (χ0v) is 16.9. The molecule has 5 heteroatoms. The molecule has 1 aromatic heterocycles. The number of halogens is 1. The molecule has 1 saturated carbocycles. The first-order valence-electron chi connectivity index (χ1n) is 9.64. The van der Waals surface area contributed by atoms with Crippen LogP contribution in [-0.4, -0.2) is 23.6 Å². The maximum atomic E-state index is 6.55. The van der Waals surface area contributed by atoms with E-state index in [0.717, 1.165) is 28.6 Å². The van der Waals surface area contributed by atoms with Crippen LogP contribution in [0.25, 0.3) is 11.3 Å². The molecule has 0 N–H and O–H groups in total. The Morgan fingerprint density at radius 2 is 1.82 bits per heavy atom. The fraction of sp³-hybridized carbons (Fsp3) is 0.261.